The molecule has 1 fully saturated rings. The van der Waals surface area contributed by atoms with Crippen LogP contribution >= 0.6 is 0 Å². The first-order valence-electron chi connectivity index (χ1n) is 7.76. The lowest BCUT2D eigenvalue weighted by molar-refractivity contribution is 0.0601. The number of piperidine rings is 1. The molecule has 116 valence electrons. The maximum atomic E-state index is 11.8. The second-order valence-electron chi connectivity index (χ2n) is 6.15. The van der Waals surface area contributed by atoms with Gasteiger partial charge in [0.2, 0.25) is 0 Å². The summed E-state index contributed by atoms with van der Waals surface area (Å²) in [5, 5.41) is 3.51. The van der Waals surface area contributed by atoms with E-state index in [4.69, 9.17) is 4.74 Å². The predicted octanol–water partition coefficient (Wildman–Crippen LogP) is 3.01. The highest BCUT2D eigenvalue weighted by molar-refractivity contribution is 5.95. The van der Waals surface area contributed by atoms with Crippen LogP contribution in [0.2, 0.25) is 0 Å². The Kier molecular flexibility index (Phi) is 5.62. The minimum Gasteiger partial charge on any atom is -0.465 e. The van der Waals surface area contributed by atoms with Crippen molar-refractivity contribution in [1.82, 2.24) is 4.90 Å². The van der Waals surface area contributed by atoms with Gasteiger partial charge in [-0.2, -0.15) is 0 Å². The Balaban J connectivity index is 1.93. The van der Waals surface area contributed by atoms with Gasteiger partial charge in [0, 0.05) is 31.4 Å². The van der Waals surface area contributed by atoms with Crippen LogP contribution in [0.3, 0.4) is 0 Å². The summed E-state index contributed by atoms with van der Waals surface area (Å²) in [4.78, 5) is 14.3. The minimum atomic E-state index is -0.282. The molecule has 0 aliphatic carbocycles. The van der Waals surface area contributed by atoms with Crippen LogP contribution < -0.4 is 5.32 Å². The molecule has 0 saturated carbocycles. The topological polar surface area (TPSA) is 41.6 Å². The summed E-state index contributed by atoms with van der Waals surface area (Å²) in [5.74, 6) is 0.435. The number of nitrogens with one attached hydrogen (secondary N) is 1. The molecule has 0 unspecified atom stereocenters. The number of para-hydroxylation sites is 1. The van der Waals surface area contributed by atoms with Crippen molar-refractivity contribution in [2.75, 3.05) is 32.1 Å². The van der Waals surface area contributed by atoms with Gasteiger partial charge in [-0.15, -0.1) is 0 Å². The fraction of sp³-hybridized carbons (Fsp3) is 0.588. The molecule has 1 heterocycles. The van der Waals surface area contributed by atoms with Gasteiger partial charge in [-0.3, -0.25) is 0 Å². The Bertz CT molecular complexity index is 466. The number of methoxy groups -OCH3 is 1. The number of hydrogen-bond acceptors (Lipinski definition) is 4. The molecule has 21 heavy (non-hydrogen) atoms. The van der Waals surface area contributed by atoms with E-state index in [1.165, 1.54) is 13.7 Å². The Morgan fingerprint density at radius 3 is 2.62 bits per heavy atom. The van der Waals surface area contributed by atoms with Gasteiger partial charge in [0.05, 0.1) is 12.7 Å². The molecular weight excluding hydrogens is 264 g/mol. The number of esters is 1. The van der Waals surface area contributed by atoms with Gasteiger partial charge in [-0.05, 0) is 30.9 Å². The van der Waals surface area contributed by atoms with E-state index < -0.39 is 0 Å². The summed E-state index contributed by atoms with van der Waals surface area (Å²) in [5.41, 5.74) is 1.50. The Morgan fingerprint density at radius 2 is 2.00 bits per heavy atom. The van der Waals surface area contributed by atoms with E-state index >= 15 is 0 Å². The molecule has 4 nitrogen and oxygen atoms in total. The highest BCUT2D eigenvalue weighted by Crippen LogP contribution is 2.21. The summed E-state index contributed by atoms with van der Waals surface area (Å²) in [7, 11) is 1.42. The third-order valence-corrected chi connectivity index (χ3v) is 3.90. The monoisotopic (exact) mass is 290 g/mol. The largest absolute Gasteiger partial charge is 0.465 e. The average molecular weight is 290 g/mol. The van der Waals surface area contributed by atoms with Crippen molar-refractivity contribution in [3.8, 4) is 0 Å². The number of benzene rings is 1. The molecule has 1 aliphatic heterocycles. The average Bonchev–Trinajstić information content (AvgIpc) is 2.48. The van der Waals surface area contributed by atoms with Crippen LogP contribution in [0.15, 0.2) is 24.3 Å². The summed E-state index contributed by atoms with van der Waals surface area (Å²) in [6, 6.07) is 8.00. The van der Waals surface area contributed by atoms with Crippen molar-refractivity contribution >= 4 is 11.7 Å². The molecule has 4 heteroatoms. The number of rotatable bonds is 5. The van der Waals surface area contributed by atoms with E-state index in [2.05, 4.69) is 24.1 Å². The maximum absolute atomic E-state index is 11.8. The molecule has 1 aromatic carbocycles. The zero-order valence-corrected chi connectivity index (χ0v) is 13.3. The van der Waals surface area contributed by atoms with Crippen molar-refractivity contribution in [3.05, 3.63) is 29.8 Å². The van der Waals surface area contributed by atoms with Gasteiger partial charge < -0.3 is 15.0 Å². The third kappa shape index (κ3) is 4.46. The molecule has 1 saturated heterocycles. The van der Waals surface area contributed by atoms with Crippen LogP contribution in [0.4, 0.5) is 5.69 Å². The molecule has 0 radical (unpaired) electrons. The Labute approximate surface area is 127 Å². The zero-order chi connectivity index (χ0) is 15.2. The van der Waals surface area contributed by atoms with Crippen LogP contribution in [0.25, 0.3) is 0 Å². The van der Waals surface area contributed by atoms with E-state index in [-0.39, 0.29) is 5.97 Å². The molecular formula is C17H26N2O2. The second kappa shape index (κ2) is 7.46. The summed E-state index contributed by atoms with van der Waals surface area (Å²) in [6.45, 7) is 7.94. The molecule has 2 rings (SSSR count). The van der Waals surface area contributed by atoms with Gasteiger partial charge in [-0.1, -0.05) is 26.0 Å². The predicted molar refractivity (Wildman–Crippen MR) is 85.7 cm³/mol. The molecule has 0 spiro atoms. The van der Waals surface area contributed by atoms with E-state index in [1.807, 2.05) is 24.3 Å². The maximum Gasteiger partial charge on any atom is 0.339 e. The Hall–Kier alpha value is -1.55. The van der Waals surface area contributed by atoms with Gasteiger partial charge in [-0.25, -0.2) is 4.79 Å². The van der Waals surface area contributed by atoms with E-state index in [0.717, 1.165) is 37.5 Å². The first-order valence-corrected chi connectivity index (χ1v) is 7.76. The van der Waals surface area contributed by atoms with E-state index in [9.17, 15) is 4.79 Å². The number of hydrogen-bond donors (Lipinski definition) is 1. The van der Waals surface area contributed by atoms with Gasteiger partial charge >= 0.3 is 5.97 Å². The highest BCUT2D eigenvalue weighted by Gasteiger charge is 2.21. The van der Waals surface area contributed by atoms with Crippen molar-refractivity contribution in [1.29, 1.82) is 0 Å². The number of anilines is 1. The molecule has 0 atom stereocenters. The van der Waals surface area contributed by atoms with Gasteiger partial charge in [0.15, 0.2) is 0 Å². The third-order valence-electron chi connectivity index (χ3n) is 3.90. The smallest absolute Gasteiger partial charge is 0.339 e. The van der Waals surface area contributed by atoms with Crippen LogP contribution in [0.5, 0.6) is 0 Å². The molecule has 0 bridgehead atoms. The fourth-order valence-electron chi connectivity index (χ4n) is 2.89. The molecule has 1 aromatic rings. The van der Waals surface area contributed by atoms with Crippen LogP contribution in [-0.4, -0.2) is 43.7 Å². The van der Waals surface area contributed by atoms with Gasteiger partial charge in [0.1, 0.15) is 0 Å². The number of likely N-dealkylation sites (tertiary alicyclic amines) is 1. The summed E-state index contributed by atoms with van der Waals surface area (Å²) in [6.07, 6.45) is 2.23. The van der Waals surface area contributed by atoms with Crippen LogP contribution in [0, 0.1) is 5.92 Å². The second-order valence-corrected chi connectivity index (χ2v) is 6.15. The normalized spacial score (nSPS) is 17.0. The molecule has 0 aromatic heterocycles. The van der Waals surface area contributed by atoms with Crippen molar-refractivity contribution < 1.29 is 9.53 Å². The molecule has 1 N–H and O–H groups in total. The van der Waals surface area contributed by atoms with Crippen LogP contribution in [0.1, 0.15) is 37.0 Å². The standard InChI is InChI=1S/C17H26N2O2/c1-13(2)12-19-10-8-14(9-11-19)18-16-7-5-4-6-15(16)17(20)21-3/h4-7,13-14,18H,8-12H2,1-3H3. The number of ether oxygens (including phenoxy) is 1. The van der Waals surface area contributed by atoms with Crippen molar-refractivity contribution in [2.24, 2.45) is 5.92 Å². The summed E-state index contributed by atoms with van der Waals surface area (Å²) >= 11 is 0. The first kappa shape index (κ1) is 15.8. The fourth-order valence-corrected chi connectivity index (χ4v) is 2.89. The zero-order valence-electron chi connectivity index (χ0n) is 13.3. The van der Waals surface area contributed by atoms with Crippen LogP contribution in [-0.2, 0) is 4.74 Å². The number of carbonyl (C=O) groups is 1. The molecule has 0 amide bonds. The lowest BCUT2D eigenvalue weighted by Crippen LogP contribution is -2.40. The number of carbonyl (C=O) groups excluding carboxylic acids is 1. The van der Waals surface area contributed by atoms with E-state index in [0.29, 0.717) is 11.6 Å². The van der Waals surface area contributed by atoms with Gasteiger partial charge in [0.25, 0.3) is 0 Å². The van der Waals surface area contributed by atoms with E-state index in [1.54, 1.807) is 0 Å². The lowest BCUT2D eigenvalue weighted by atomic mass is 10.0. The van der Waals surface area contributed by atoms with Crippen molar-refractivity contribution in [3.63, 3.8) is 0 Å². The first-order chi connectivity index (χ1) is 10.1. The van der Waals surface area contributed by atoms with Crippen molar-refractivity contribution in [2.45, 2.75) is 32.7 Å². The Morgan fingerprint density at radius 1 is 1.33 bits per heavy atom. The molecule has 1 aliphatic rings. The quantitative estimate of drug-likeness (QED) is 0.846. The number of nitrogens with zero attached hydrogens (tertiary/aromatic N) is 1. The summed E-state index contributed by atoms with van der Waals surface area (Å²) < 4.78 is 4.84. The highest BCUT2D eigenvalue weighted by atomic mass is 16.5. The SMILES string of the molecule is COC(=O)c1ccccc1NC1CCN(CC(C)C)CC1. The lowest BCUT2D eigenvalue weighted by Gasteiger charge is -2.34. The minimum absolute atomic E-state index is 0.282.